The van der Waals surface area contributed by atoms with Crippen LogP contribution in [0.5, 0.6) is 0 Å². The molecule has 0 aliphatic rings. The summed E-state index contributed by atoms with van der Waals surface area (Å²) in [5.41, 5.74) is 0.925. The molecule has 0 aliphatic carbocycles. The topological polar surface area (TPSA) is 78.3 Å². The SMILES string of the molecule is CCc1nnc(C)cc1C(=O)NCC(C)(O)CN(C)C. The fraction of sp³-hybridized carbons (Fsp3) is 0.643. The van der Waals surface area contributed by atoms with Gasteiger partial charge >= 0.3 is 0 Å². The second kappa shape index (κ2) is 6.76. The molecule has 1 heterocycles. The van der Waals surface area contributed by atoms with Crippen LogP contribution in [0.1, 0.15) is 35.6 Å². The summed E-state index contributed by atoms with van der Waals surface area (Å²) in [6.07, 6.45) is 0.643. The van der Waals surface area contributed by atoms with Crippen LogP contribution >= 0.6 is 0 Å². The highest BCUT2D eigenvalue weighted by Crippen LogP contribution is 2.09. The number of hydrogen-bond acceptors (Lipinski definition) is 5. The maximum absolute atomic E-state index is 12.2. The predicted octanol–water partition coefficient (Wildman–Crippen LogP) is 0.390. The lowest BCUT2D eigenvalue weighted by molar-refractivity contribution is 0.0325. The normalized spacial score (nSPS) is 14.2. The Morgan fingerprint density at radius 1 is 1.45 bits per heavy atom. The third-order valence-corrected chi connectivity index (χ3v) is 2.86. The molecule has 0 radical (unpaired) electrons. The number of carbonyl (C=O) groups is 1. The number of rotatable bonds is 6. The van der Waals surface area contributed by atoms with E-state index in [2.05, 4.69) is 15.5 Å². The molecule has 1 unspecified atom stereocenters. The lowest BCUT2D eigenvalue weighted by Crippen LogP contribution is -2.47. The molecule has 2 N–H and O–H groups in total. The Hall–Kier alpha value is -1.53. The van der Waals surface area contributed by atoms with Gasteiger partial charge in [-0.1, -0.05) is 6.92 Å². The highest BCUT2D eigenvalue weighted by atomic mass is 16.3. The van der Waals surface area contributed by atoms with Gasteiger partial charge in [0.25, 0.3) is 5.91 Å². The highest BCUT2D eigenvalue weighted by Gasteiger charge is 2.23. The summed E-state index contributed by atoms with van der Waals surface area (Å²) in [5, 5.41) is 20.9. The molecule has 0 saturated heterocycles. The monoisotopic (exact) mass is 280 g/mol. The first kappa shape index (κ1) is 16.5. The van der Waals surface area contributed by atoms with Crippen molar-refractivity contribution in [1.82, 2.24) is 20.4 Å². The van der Waals surface area contributed by atoms with E-state index in [-0.39, 0.29) is 12.5 Å². The van der Waals surface area contributed by atoms with E-state index in [0.717, 1.165) is 0 Å². The zero-order valence-electron chi connectivity index (χ0n) is 12.9. The van der Waals surface area contributed by atoms with Crippen molar-refractivity contribution < 1.29 is 9.90 Å². The number of hydrogen-bond donors (Lipinski definition) is 2. The molecule has 1 aromatic heterocycles. The van der Waals surface area contributed by atoms with Crippen LogP contribution in [0.25, 0.3) is 0 Å². The van der Waals surface area contributed by atoms with E-state index in [1.165, 1.54) is 0 Å². The Bertz CT molecular complexity index is 472. The molecule has 6 heteroatoms. The Kier molecular flexibility index (Phi) is 5.59. The lowest BCUT2D eigenvalue weighted by atomic mass is 10.1. The summed E-state index contributed by atoms with van der Waals surface area (Å²) in [5.74, 6) is -0.223. The van der Waals surface area contributed by atoms with Crippen molar-refractivity contribution in [2.24, 2.45) is 0 Å². The van der Waals surface area contributed by atoms with Crippen LogP contribution in [0.3, 0.4) is 0 Å². The number of amides is 1. The molecule has 1 rings (SSSR count). The lowest BCUT2D eigenvalue weighted by Gasteiger charge is -2.27. The van der Waals surface area contributed by atoms with Crippen LogP contribution in [0.4, 0.5) is 0 Å². The third kappa shape index (κ3) is 4.86. The minimum absolute atomic E-state index is 0.189. The molecule has 1 amide bonds. The van der Waals surface area contributed by atoms with Crippen LogP contribution in [0, 0.1) is 6.92 Å². The van der Waals surface area contributed by atoms with Gasteiger partial charge in [-0.15, -0.1) is 0 Å². The average molecular weight is 280 g/mol. The number of aromatic nitrogens is 2. The molecule has 0 bridgehead atoms. The molecule has 1 aromatic rings. The van der Waals surface area contributed by atoms with Gasteiger partial charge in [0, 0.05) is 13.1 Å². The molecular weight excluding hydrogens is 256 g/mol. The molecule has 1 atom stereocenters. The van der Waals surface area contributed by atoms with Gasteiger partial charge in [0.2, 0.25) is 0 Å². The van der Waals surface area contributed by atoms with Crippen molar-refractivity contribution in [1.29, 1.82) is 0 Å². The first-order valence-electron chi connectivity index (χ1n) is 6.73. The first-order chi connectivity index (χ1) is 9.25. The maximum Gasteiger partial charge on any atom is 0.253 e. The largest absolute Gasteiger partial charge is 0.387 e. The van der Waals surface area contributed by atoms with Gasteiger partial charge in [0.15, 0.2) is 0 Å². The predicted molar refractivity (Wildman–Crippen MR) is 77.7 cm³/mol. The van der Waals surface area contributed by atoms with Gasteiger partial charge in [0.05, 0.1) is 22.6 Å². The van der Waals surface area contributed by atoms with Crippen LogP contribution in [-0.4, -0.2) is 58.9 Å². The van der Waals surface area contributed by atoms with Crippen LogP contribution in [0.2, 0.25) is 0 Å². The number of aliphatic hydroxyl groups is 1. The second-order valence-corrected chi connectivity index (χ2v) is 5.62. The van der Waals surface area contributed by atoms with Crippen LogP contribution in [-0.2, 0) is 6.42 Å². The smallest absolute Gasteiger partial charge is 0.253 e. The molecule has 0 fully saturated rings. The molecule has 0 saturated carbocycles. The fourth-order valence-corrected chi connectivity index (χ4v) is 2.07. The second-order valence-electron chi connectivity index (χ2n) is 5.62. The maximum atomic E-state index is 12.2. The van der Waals surface area contributed by atoms with E-state index < -0.39 is 5.60 Å². The van der Waals surface area contributed by atoms with Gasteiger partial charge < -0.3 is 15.3 Å². The first-order valence-corrected chi connectivity index (χ1v) is 6.73. The molecule has 0 aromatic carbocycles. The van der Waals surface area contributed by atoms with Gasteiger partial charge in [-0.25, -0.2) is 0 Å². The molecule has 0 aliphatic heterocycles. The van der Waals surface area contributed by atoms with E-state index in [1.54, 1.807) is 19.9 Å². The minimum Gasteiger partial charge on any atom is -0.387 e. The van der Waals surface area contributed by atoms with Crippen molar-refractivity contribution in [3.8, 4) is 0 Å². The molecule has 0 spiro atoms. The summed E-state index contributed by atoms with van der Waals surface area (Å²) >= 11 is 0. The van der Waals surface area contributed by atoms with Gasteiger partial charge in [0.1, 0.15) is 0 Å². The van der Waals surface area contributed by atoms with E-state index >= 15 is 0 Å². The summed E-state index contributed by atoms with van der Waals surface area (Å²) in [4.78, 5) is 14.1. The average Bonchev–Trinajstić information content (AvgIpc) is 2.34. The Labute approximate surface area is 120 Å². The van der Waals surface area contributed by atoms with Crippen molar-refractivity contribution >= 4 is 5.91 Å². The summed E-state index contributed by atoms with van der Waals surface area (Å²) < 4.78 is 0. The Morgan fingerprint density at radius 3 is 2.65 bits per heavy atom. The summed E-state index contributed by atoms with van der Waals surface area (Å²) in [6.45, 7) is 6.09. The summed E-state index contributed by atoms with van der Waals surface area (Å²) in [7, 11) is 3.75. The number of carbonyl (C=O) groups excluding carboxylic acids is 1. The van der Waals surface area contributed by atoms with Crippen molar-refractivity contribution in [3.05, 3.63) is 23.0 Å². The number of likely N-dealkylation sites (N-methyl/N-ethyl adjacent to an activating group) is 1. The van der Waals surface area contributed by atoms with E-state index in [0.29, 0.717) is 29.9 Å². The quantitative estimate of drug-likeness (QED) is 0.788. The van der Waals surface area contributed by atoms with Gasteiger partial charge in [-0.05, 0) is 40.4 Å². The van der Waals surface area contributed by atoms with Gasteiger partial charge in [-0.2, -0.15) is 10.2 Å². The fourth-order valence-electron chi connectivity index (χ4n) is 2.07. The van der Waals surface area contributed by atoms with Crippen molar-refractivity contribution in [2.45, 2.75) is 32.8 Å². The number of nitrogens with one attached hydrogen (secondary N) is 1. The molecule has 20 heavy (non-hydrogen) atoms. The van der Waals surface area contributed by atoms with E-state index in [4.69, 9.17) is 0 Å². The van der Waals surface area contributed by atoms with E-state index in [1.807, 2.05) is 25.9 Å². The third-order valence-electron chi connectivity index (χ3n) is 2.86. The molecule has 6 nitrogen and oxygen atoms in total. The molecular formula is C14H24N4O2. The Balaban J connectivity index is 2.74. The van der Waals surface area contributed by atoms with Gasteiger partial charge in [-0.3, -0.25) is 4.79 Å². The zero-order chi connectivity index (χ0) is 15.3. The number of nitrogens with zero attached hydrogens (tertiary/aromatic N) is 3. The number of aryl methyl sites for hydroxylation is 2. The van der Waals surface area contributed by atoms with Crippen LogP contribution in [0.15, 0.2) is 6.07 Å². The Morgan fingerprint density at radius 2 is 2.10 bits per heavy atom. The van der Waals surface area contributed by atoms with Crippen molar-refractivity contribution in [2.75, 3.05) is 27.2 Å². The highest BCUT2D eigenvalue weighted by molar-refractivity contribution is 5.95. The summed E-state index contributed by atoms with van der Waals surface area (Å²) in [6, 6.07) is 1.72. The minimum atomic E-state index is -0.971. The van der Waals surface area contributed by atoms with Crippen LogP contribution < -0.4 is 5.32 Å². The van der Waals surface area contributed by atoms with E-state index in [9.17, 15) is 9.90 Å². The molecule has 112 valence electrons. The standard InChI is InChI=1S/C14H24N4O2/c1-6-12-11(7-10(2)16-17-12)13(19)15-8-14(3,20)9-18(4)5/h7,20H,6,8-9H2,1-5H3,(H,15,19). The zero-order valence-corrected chi connectivity index (χ0v) is 12.9. The van der Waals surface area contributed by atoms with Crippen molar-refractivity contribution in [3.63, 3.8) is 0 Å².